The first-order valence-electron chi connectivity index (χ1n) is 4.64. The number of rotatable bonds is 0. The maximum absolute atomic E-state index is 11.3. The normalized spacial score (nSPS) is 24.7. The largest absolute Gasteiger partial charge is 0.323 e. The van der Waals surface area contributed by atoms with Crippen LogP contribution in [0.5, 0.6) is 0 Å². The van der Waals surface area contributed by atoms with Gasteiger partial charge < -0.3 is 5.84 Å². The highest BCUT2D eigenvalue weighted by Gasteiger charge is 2.12. The molecule has 0 aromatic rings. The Hall–Kier alpha value is -0.860. The van der Waals surface area contributed by atoms with Crippen LogP contribution in [0, 0.1) is 0 Å². The number of hydrogen-bond donors (Lipinski definition) is 1. The van der Waals surface area contributed by atoms with Gasteiger partial charge >= 0.3 is 0 Å². The van der Waals surface area contributed by atoms with Crippen molar-refractivity contribution in [2.75, 3.05) is 0 Å². The van der Waals surface area contributed by atoms with Crippen LogP contribution in [0.25, 0.3) is 0 Å². The molecule has 3 heteroatoms. The third-order valence-electron chi connectivity index (χ3n) is 2.30. The lowest BCUT2D eigenvalue weighted by Crippen LogP contribution is -2.15. The lowest BCUT2D eigenvalue weighted by atomic mass is 10.1. The molecular weight excluding hydrogens is 152 g/mol. The van der Waals surface area contributed by atoms with Crippen molar-refractivity contribution >= 4 is 11.5 Å². The van der Waals surface area contributed by atoms with E-state index in [1.54, 1.807) is 0 Å². The number of nitrogens with zero attached hydrogens (tertiary/aromatic N) is 1. The summed E-state index contributed by atoms with van der Waals surface area (Å²) in [5.41, 5.74) is 0.594. The monoisotopic (exact) mass is 168 g/mol. The third kappa shape index (κ3) is 2.64. The molecule has 1 rings (SSSR count). The van der Waals surface area contributed by atoms with Crippen LogP contribution >= 0.6 is 0 Å². The number of carbonyl (C=O) groups excluding carboxylic acids is 1. The Morgan fingerprint density at radius 1 is 1.00 bits per heavy atom. The fourth-order valence-electron chi connectivity index (χ4n) is 1.53. The summed E-state index contributed by atoms with van der Waals surface area (Å²) in [6.45, 7) is 0. The summed E-state index contributed by atoms with van der Waals surface area (Å²) in [6.07, 6.45) is 7.08. The smallest absolute Gasteiger partial charge is 0.178 e. The minimum absolute atomic E-state index is 0.152. The van der Waals surface area contributed by atoms with Gasteiger partial charge in [-0.2, -0.15) is 5.10 Å². The van der Waals surface area contributed by atoms with Gasteiger partial charge in [0.2, 0.25) is 0 Å². The number of carbonyl (C=O) groups is 1. The molecule has 0 radical (unpaired) electrons. The van der Waals surface area contributed by atoms with E-state index in [-0.39, 0.29) is 5.78 Å². The highest BCUT2D eigenvalue weighted by molar-refractivity contribution is 6.39. The minimum atomic E-state index is 0.152. The average Bonchev–Trinajstić information content (AvgIpc) is 2.17. The Morgan fingerprint density at radius 2 is 1.58 bits per heavy atom. The van der Waals surface area contributed by atoms with Crippen molar-refractivity contribution in [3.63, 3.8) is 0 Å². The molecule has 68 valence electrons. The molecule has 0 aromatic carbocycles. The van der Waals surface area contributed by atoms with Crippen molar-refractivity contribution in [3.8, 4) is 0 Å². The molecule has 0 heterocycles. The zero-order valence-electron chi connectivity index (χ0n) is 7.38. The van der Waals surface area contributed by atoms with Crippen molar-refractivity contribution in [2.45, 2.75) is 44.9 Å². The summed E-state index contributed by atoms with van der Waals surface area (Å²) in [4.78, 5) is 11.3. The van der Waals surface area contributed by atoms with Crippen LogP contribution in [0.4, 0.5) is 0 Å². The lowest BCUT2D eigenvalue weighted by Gasteiger charge is -1.99. The van der Waals surface area contributed by atoms with Crippen LogP contribution in [0.15, 0.2) is 5.10 Å². The molecule has 0 aliphatic heterocycles. The first-order valence-corrected chi connectivity index (χ1v) is 4.64. The van der Waals surface area contributed by atoms with E-state index in [0.29, 0.717) is 12.1 Å². The Morgan fingerprint density at radius 3 is 2.25 bits per heavy atom. The van der Waals surface area contributed by atoms with E-state index in [1.165, 1.54) is 19.3 Å². The SMILES string of the molecule is NN=C1CCCCCCCC1=O. The first kappa shape index (κ1) is 9.23. The lowest BCUT2D eigenvalue weighted by molar-refractivity contribution is -0.113. The van der Waals surface area contributed by atoms with E-state index >= 15 is 0 Å². The van der Waals surface area contributed by atoms with Gasteiger partial charge in [0.15, 0.2) is 5.78 Å². The first-order chi connectivity index (χ1) is 5.84. The molecule has 0 unspecified atom stereocenters. The summed E-state index contributed by atoms with van der Waals surface area (Å²) >= 11 is 0. The van der Waals surface area contributed by atoms with Crippen molar-refractivity contribution in [2.24, 2.45) is 10.9 Å². The van der Waals surface area contributed by atoms with E-state index in [9.17, 15) is 4.79 Å². The third-order valence-corrected chi connectivity index (χ3v) is 2.30. The summed E-state index contributed by atoms with van der Waals surface area (Å²) in [5.74, 6) is 5.28. The van der Waals surface area contributed by atoms with E-state index in [0.717, 1.165) is 19.3 Å². The second-order valence-corrected chi connectivity index (χ2v) is 3.27. The maximum Gasteiger partial charge on any atom is 0.178 e. The van der Waals surface area contributed by atoms with Crippen LogP contribution in [0.3, 0.4) is 0 Å². The molecule has 2 N–H and O–H groups in total. The van der Waals surface area contributed by atoms with Gasteiger partial charge in [0.25, 0.3) is 0 Å². The van der Waals surface area contributed by atoms with E-state index in [2.05, 4.69) is 5.10 Å². The van der Waals surface area contributed by atoms with E-state index in [4.69, 9.17) is 5.84 Å². The number of hydrogen-bond acceptors (Lipinski definition) is 3. The summed E-state index contributed by atoms with van der Waals surface area (Å²) < 4.78 is 0. The fourth-order valence-corrected chi connectivity index (χ4v) is 1.53. The highest BCUT2D eigenvalue weighted by atomic mass is 16.1. The fraction of sp³-hybridized carbons (Fsp3) is 0.778. The number of ketones is 1. The number of Topliss-reactive ketones (excluding diaryl/α,β-unsaturated/α-hetero) is 1. The Labute approximate surface area is 73.0 Å². The summed E-state index contributed by atoms with van der Waals surface area (Å²) in [5, 5.41) is 3.54. The van der Waals surface area contributed by atoms with Crippen LogP contribution in [0.2, 0.25) is 0 Å². The molecule has 0 saturated heterocycles. The predicted octanol–water partition coefficient (Wildman–Crippen LogP) is 1.61. The second kappa shape index (κ2) is 4.91. The van der Waals surface area contributed by atoms with Gasteiger partial charge in [-0.05, 0) is 19.3 Å². The number of nitrogens with two attached hydrogens (primary N) is 1. The number of hydrazone groups is 1. The van der Waals surface area contributed by atoms with Crippen molar-refractivity contribution in [3.05, 3.63) is 0 Å². The molecule has 0 aromatic heterocycles. The zero-order chi connectivity index (χ0) is 8.81. The molecule has 1 aliphatic rings. The highest BCUT2D eigenvalue weighted by Crippen LogP contribution is 2.12. The van der Waals surface area contributed by atoms with Gasteiger partial charge in [-0.3, -0.25) is 4.79 Å². The molecule has 0 amide bonds. The summed E-state index contributed by atoms with van der Waals surface area (Å²) in [7, 11) is 0. The Balaban J connectivity index is 2.53. The molecule has 0 bridgehead atoms. The van der Waals surface area contributed by atoms with Gasteiger partial charge in [-0.15, -0.1) is 0 Å². The summed E-state index contributed by atoms with van der Waals surface area (Å²) in [6, 6.07) is 0. The topological polar surface area (TPSA) is 55.4 Å². The van der Waals surface area contributed by atoms with Crippen molar-refractivity contribution < 1.29 is 4.79 Å². The second-order valence-electron chi connectivity index (χ2n) is 3.27. The zero-order valence-corrected chi connectivity index (χ0v) is 7.38. The molecule has 0 atom stereocenters. The van der Waals surface area contributed by atoms with Crippen LogP contribution < -0.4 is 5.84 Å². The molecule has 12 heavy (non-hydrogen) atoms. The molecule has 3 nitrogen and oxygen atoms in total. The van der Waals surface area contributed by atoms with Gasteiger partial charge in [0.05, 0.1) is 0 Å². The molecule has 1 fully saturated rings. The molecule has 1 saturated carbocycles. The van der Waals surface area contributed by atoms with Gasteiger partial charge in [-0.1, -0.05) is 19.3 Å². The van der Waals surface area contributed by atoms with E-state index in [1.807, 2.05) is 0 Å². The standard InChI is InChI=1S/C9H16N2O/c10-11-8-6-4-2-1-3-5-7-9(8)12/h1-7,10H2. The van der Waals surface area contributed by atoms with Crippen LogP contribution in [0.1, 0.15) is 44.9 Å². The molecule has 1 aliphatic carbocycles. The van der Waals surface area contributed by atoms with E-state index < -0.39 is 0 Å². The van der Waals surface area contributed by atoms with Gasteiger partial charge in [0, 0.05) is 6.42 Å². The van der Waals surface area contributed by atoms with Crippen LogP contribution in [-0.4, -0.2) is 11.5 Å². The Bertz CT molecular complexity index is 187. The quantitative estimate of drug-likeness (QED) is 0.441. The predicted molar refractivity (Wildman–Crippen MR) is 48.9 cm³/mol. The van der Waals surface area contributed by atoms with Gasteiger partial charge in [0.1, 0.15) is 5.71 Å². The van der Waals surface area contributed by atoms with Gasteiger partial charge in [-0.25, -0.2) is 0 Å². The van der Waals surface area contributed by atoms with Crippen LogP contribution in [-0.2, 0) is 4.79 Å². The Kier molecular flexibility index (Phi) is 3.77. The van der Waals surface area contributed by atoms with Crippen molar-refractivity contribution in [1.82, 2.24) is 0 Å². The van der Waals surface area contributed by atoms with Crippen molar-refractivity contribution in [1.29, 1.82) is 0 Å². The minimum Gasteiger partial charge on any atom is -0.323 e. The maximum atomic E-state index is 11.3. The molecule has 0 spiro atoms. The average molecular weight is 168 g/mol. The molecular formula is C9H16N2O.